The van der Waals surface area contributed by atoms with Crippen molar-refractivity contribution in [3.63, 3.8) is 0 Å². The first-order chi connectivity index (χ1) is 11.9. The van der Waals surface area contributed by atoms with Crippen LogP contribution in [0.25, 0.3) is 10.8 Å². The smallest absolute Gasteiger partial charge is 0.155 e. The third-order valence-corrected chi connectivity index (χ3v) is 4.77. The average molecular weight is 335 g/mol. The van der Waals surface area contributed by atoms with E-state index in [1.54, 1.807) is 0 Å². The molecule has 1 aliphatic heterocycles. The van der Waals surface area contributed by atoms with E-state index in [9.17, 15) is 4.39 Å². The van der Waals surface area contributed by atoms with Crippen LogP contribution in [-0.4, -0.2) is 6.23 Å². The van der Waals surface area contributed by atoms with E-state index in [4.69, 9.17) is 4.74 Å². The lowest BCUT2D eigenvalue weighted by molar-refractivity contribution is 0.0350. The van der Waals surface area contributed by atoms with Gasteiger partial charge in [-0.2, -0.15) is 0 Å². The molecule has 0 bridgehead atoms. The van der Waals surface area contributed by atoms with Gasteiger partial charge in [0.25, 0.3) is 0 Å². The van der Waals surface area contributed by atoms with Crippen LogP contribution in [0.15, 0.2) is 60.7 Å². The molecule has 3 heteroatoms. The maximum Gasteiger partial charge on any atom is 0.155 e. The summed E-state index contributed by atoms with van der Waals surface area (Å²) in [5.41, 5.74) is 2.09. The van der Waals surface area contributed by atoms with Crippen LogP contribution in [0, 0.1) is 11.2 Å². The Morgan fingerprint density at radius 2 is 1.64 bits per heavy atom. The molecular formula is C22H22FNO. The maximum absolute atomic E-state index is 13.4. The second-order valence-corrected chi connectivity index (χ2v) is 7.71. The van der Waals surface area contributed by atoms with E-state index in [0.29, 0.717) is 0 Å². The van der Waals surface area contributed by atoms with Gasteiger partial charge in [-0.25, -0.2) is 4.39 Å². The number of nitrogens with one attached hydrogen (secondary N) is 1. The topological polar surface area (TPSA) is 21.3 Å². The van der Waals surface area contributed by atoms with Crippen LogP contribution < -0.4 is 10.1 Å². The Hall–Kier alpha value is -2.39. The number of hydrogen-bond acceptors (Lipinski definition) is 2. The molecule has 1 aliphatic rings. The molecule has 0 radical (unpaired) electrons. The standard InChI is InChI=1S/C22H22FNO/c1-22(2,3)21-24-20(15-8-11-16(23)12-9-15)19-17-7-5-4-6-14(17)10-13-18(19)25-21/h4-13,20-21,24H,1-3H3/t20-,21+/m0/s1. The number of fused-ring (bicyclic) bond motifs is 3. The van der Waals surface area contributed by atoms with Crippen molar-refractivity contribution in [1.82, 2.24) is 5.32 Å². The Kier molecular flexibility index (Phi) is 3.77. The number of benzene rings is 3. The lowest BCUT2D eigenvalue weighted by Gasteiger charge is -2.40. The Morgan fingerprint density at radius 3 is 2.36 bits per heavy atom. The number of halogens is 1. The van der Waals surface area contributed by atoms with E-state index < -0.39 is 0 Å². The molecule has 0 aromatic heterocycles. The summed E-state index contributed by atoms with van der Waals surface area (Å²) in [6, 6.07) is 19.1. The van der Waals surface area contributed by atoms with Gasteiger partial charge in [0.1, 0.15) is 11.6 Å². The van der Waals surface area contributed by atoms with Gasteiger partial charge in [0.05, 0.1) is 6.04 Å². The zero-order valence-electron chi connectivity index (χ0n) is 14.7. The van der Waals surface area contributed by atoms with E-state index in [-0.39, 0.29) is 23.5 Å². The van der Waals surface area contributed by atoms with Crippen molar-refractivity contribution < 1.29 is 9.13 Å². The van der Waals surface area contributed by atoms with Crippen molar-refractivity contribution >= 4 is 10.8 Å². The largest absolute Gasteiger partial charge is 0.474 e. The van der Waals surface area contributed by atoms with Gasteiger partial charge in [-0.15, -0.1) is 0 Å². The molecule has 2 atom stereocenters. The first-order valence-corrected chi connectivity index (χ1v) is 8.63. The monoisotopic (exact) mass is 335 g/mol. The van der Waals surface area contributed by atoms with E-state index in [0.717, 1.165) is 22.3 Å². The molecule has 1 N–H and O–H groups in total. The molecule has 4 rings (SSSR count). The molecule has 0 unspecified atom stereocenters. The fourth-order valence-corrected chi connectivity index (χ4v) is 3.42. The predicted octanol–water partition coefficient (Wildman–Crippen LogP) is 5.42. The fourth-order valence-electron chi connectivity index (χ4n) is 3.42. The van der Waals surface area contributed by atoms with Gasteiger partial charge >= 0.3 is 0 Å². The molecule has 0 spiro atoms. The van der Waals surface area contributed by atoms with Crippen molar-refractivity contribution in [2.24, 2.45) is 5.41 Å². The molecule has 0 aliphatic carbocycles. The summed E-state index contributed by atoms with van der Waals surface area (Å²) >= 11 is 0. The predicted molar refractivity (Wildman–Crippen MR) is 99.2 cm³/mol. The van der Waals surface area contributed by atoms with E-state index >= 15 is 0 Å². The summed E-state index contributed by atoms with van der Waals surface area (Å²) in [5.74, 6) is 0.674. The van der Waals surface area contributed by atoms with Crippen LogP contribution >= 0.6 is 0 Å². The number of rotatable bonds is 1. The molecule has 2 nitrogen and oxygen atoms in total. The molecule has 3 aromatic carbocycles. The van der Waals surface area contributed by atoms with E-state index in [1.165, 1.54) is 17.5 Å². The SMILES string of the molecule is CC(C)(C)[C@@H]1N[C@@H](c2ccc(F)cc2)c2c(ccc3ccccc23)O1. The number of hydrogen-bond donors (Lipinski definition) is 1. The number of ether oxygens (including phenoxy) is 1. The van der Waals surface area contributed by atoms with Gasteiger partial charge in [-0.05, 0) is 34.5 Å². The van der Waals surface area contributed by atoms with Crippen LogP contribution in [0.1, 0.15) is 37.9 Å². The van der Waals surface area contributed by atoms with Crippen LogP contribution in [-0.2, 0) is 0 Å². The van der Waals surface area contributed by atoms with Crippen molar-refractivity contribution in [2.45, 2.75) is 33.0 Å². The van der Waals surface area contributed by atoms with Gasteiger partial charge in [0, 0.05) is 11.0 Å². The highest BCUT2D eigenvalue weighted by Gasteiger charge is 2.36. The first kappa shape index (κ1) is 16.1. The fraction of sp³-hybridized carbons (Fsp3) is 0.273. The van der Waals surface area contributed by atoms with Gasteiger partial charge in [0.15, 0.2) is 6.23 Å². The Bertz CT molecular complexity index is 911. The Morgan fingerprint density at radius 1 is 0.920 bits per heavy atom. The zero-order valence-corrected chi connectivity index (χ0v) is 14.7. The minimum absolute atomic E-state index is 0.0420. The minimum atomic E-state index is -0.221. The minimum Gasteiger partial charge on any atom is -0.474 e. The van der Waals surface area contributed by atoms with Crippen LogP contribution in [0.5, 0.6) is 5.75 Å². The summed E-state index contributed by atoms with van der Waals surface area (Å²) in [4.78, 5) is 0. The Labute approximate surface area is 147 Å². The highest BCUT2D eigenvalue weighted by Crippen LogP contribution is 2.42. The lowest BCUT2D eigenvalue weighted by Crippen LogP contribution is -2.49. The molecule has 0 fully saturated rings. The highest BCUT2D eigenvalue weighted by atomic mass is 19.1. The third-order valence-electron chi connectivity index (χ3n) is 4.77. The Balaban J connectivity index is 1.92. The molecule has 1 heterocycles. The van der Waals surface area contributed by atoms with E-state index in [2.05, 4.69) is 44.3 Å². The van der Waals surface area contributed by atoms with E-state index in [1.807, 2.05) is 30.3 Å². The normalized spacial score (nSPS) is 20.2. The third kappa shape index (κ3) is 2.89. The molecule has 3 aromatic rings. The van der Waals surface area contributed by atoms with Crippen LogP contribution in [0.2, 0.25) is 0 Å². The average Bonchev–Trinajstić information content (AvgIpc) is 2.60. The molecule has 0 amide bonds. The summed E-state index contributed by atoms with van der Waals surface area (Å²) < 4.78 is 19.7. The zero-order chi connectivity index (χ0) is 17.6. The van der Waals surface area contributed by atoms with Crippen molar-refractivity contribution in [3.05, 3.63) is 77.6 Å². The maximum atomic E-state index is 13.4. The highest BCUT2D eigenvalue weighted by molar-refractivity contribution is 5.89. The first-order valence-electron chi connectivity index (χ1n) is 8.63. The second-order valence-electron chi connectivity index (χ2n) is 7.71. The molecule has 0 saturated heterocycles. The summed E-state index contributed by atoms with van der Waals surface area (Å²) in [7, 11) is 0. The van der Waals surface area contributed by atoms with Crippen molar-refractivity contribution in [1.29, 1.82) is 0 Å². The molecular weight excluding hydrogens is 313 g/mol. The summed E-state index contributed by atoms with van der Waals surface area (Å²) in [6.07, 6.45) is -0.129. The van der Waals surface area contributed by atoms with Gasteiger partial charge < -0.3 is 4.74 Å². The lowest BCUT2D eigenvalue weighted by atomic mass is 9.87. The van der Waals surface area contributed by atoms with Crippen molar-refractivity contribution in [2.75, 3.05) is 0 Å². The van der Waals surface area contributed by atoms with Crippen LogP contribution in [0.4, 0.5) is 4.39 Å². The summed E-state index contributed by atoms with van der Waals surface area (Å²) in [6.45, 7) is 6.45. The molecule has 0 saturated carbocycles. The van der Waals surface area contributed by atoms with Crippen molar-refractivity contribution in [3.8, 4) is 5.75 Å². The van der Waals surface area contributed by atoms with Crippen LogP contribution in [0.3, 0.4) is 0 Å². The van der Waals surface area contributed by atoms with Gasteiger partial charge in [0.2, 0.25) is 0 Å². The molecule has 128 valence electrons. The second kappa shape index (κ2) is 5.85. The summed E-state index contributed by atoms with van der Waals surface area (Å²) in [5, 5.41) is 5.97. The van der Waals surface area contributed by atoms with Gasteiger partial charge in [-0.3, -0.25) is 5.32 Å². The molecule has 25 heavy (non-hydrogen) atoms. The quantitative estimate of drug-likeness (QED) is 0.641. The van der Waals surface area contributed by atoms with Gasteiger partial charge in [-0.1, -0.05) is 63.2 Å².